The Morgan fingerprint density at radius 1 is 1.12 bits per heavy atom. The molecule has 0 aliphatic carbocycles. The highest BCUT2D eigenvalue weighted by Crippen LogP contribution is 2.22. The second-order valence-corrected chi connectivity index (χ2v) is 7.79. The predicted molar refractivity (Wildman–Crippen MR) is 98.3 cm³/mol. The van der Waals surface area contributed by atoms with Crippen molar-refractivity contribution < 1.29 is 4.79 Å². The topological polar surface area (TPSA) is 75.9 Å². The van der Waals surface area contributed by atoms with Gasteiger partial charge < -0.3 is 10.2 Å². The quantitative estimate of drug-likeness (QED) is 0.923. The number of likely N-dealkylation sites (tertiary alicyclic amines) is 1. The Morgan fingerprint density at radius 3 is 2.52 bits per heavy atom. The lowest BCUT2D eigenvalue weighted by Gasteiger charge is -2.19. The SMILES string of the molecule is CC(C)(C)C(=O)Nc1ncnc2c1cnn2CCN1CCCCCC1. The third-order valence-electron chi connectivity index (χ3n) is 4.67. The van der Waals surface area contributed by atoms with Crippen molar-refractivity contribution in [2.45, 2.75) is 53.0 Å². The molecule has 2 aromatic heterocycles. The largest absolute Gasteiger partial charge is 0.310 e. The number of hydrogen-bond donors (Lipinski definition) is 1. The molecule has 136 valence electrons. The number of aromatic nitrogens is 4. The summed E-state index contributed by atoms with van der Waals surface area (Å²) in [6.45, 7) is 9.75. The molecule has 1 saturated heterocycles. The average Bonchev–Trinajstić information content (AvgIpc) is 2.80. The Balaban J connectivity index is 1.73. The number of carbonyl (C=O) groups excluding carboxylic acids is 1. The van der Waals surface area contributed by atoms with Crippen molar-refractivity contribution in [2.24, 2.45) is 5.41 Å². The molecule has 2 aromatic rings. The van der Waals surface area contributed by atoms with Gasteiger partial charge in [0.2, 0.25) is 5.91 Å². The lowest BCUT2D eigenvalue weighted by molar-refractivity contribution is -0.123. The van der Waals surface area contributed by atoms with Crippen LogP contribution in [-0.4, -0.2) is 50.2 Å². The normalized spacial score (nSPS) is 16.8. The van der Waals surface area contributed by atoms with E-state index >= 15 is 0 Å². The number of rotatable bonds is 4. The average molecular weight is 344 g/mol. The lowest BCUT2D eigenvalue weighted by Crippen LogP contribution is -2.29. The Kier molecular flexibility index (Phi) is 5.32. The van der Waals surface area contributed by atoms with Gasteiger partial charge in [0.1, 0.15) is 12.1 Å². The fourth-order valence-corrected chi connectivity index (χ4v) is 3.05. The first-order valence-corrected chi connectivity index (χ1v) is 9.15. The van der Waals surface area contributed by atoms with Crippen molar-refractivity contribution in [2.75, 3.05) is 25.0 Å². The monoisotopic (exact) mass is 344 g/mol. The molecule has 7 nitrogen and oxygen atoms in total. The molecule has 1 N–H and O–H groups in total. The highest BCUT2D eigenvalue weighted by atomic mass is 16.2. The molecule has 0 unspecified atom stereocenters. The highest BCUT2D eigenvalue weighted by Gasteiger charge is 2.23. The first-order valence-electron chi connectivity index (χ1n) is 9.15. The van der Waals surface area contributed by atoms with Gasteiger partial charge in [-0.25, -0.2) is 14.6 Å². The van der Waals surface area contributed by atoms with E-state index in [-0.39, 0.29) is 5.91 Å². The summed E-state index contributed by atoms with van der Waals surface area (Å²) in [5.41, 5.74) is 0.300. The predicted octanol–water partition coefficient (Wildman–Crippen LogP) is 2.69. The van der Waals surface area contributed by atoms with Crippen molar-refractivity contribution in [3.05, 3.63) is 12.5 Å². The van der Waals surface area contributed by atoms with Gasteiger partial charge in [-0.05, 0) is 25.9 Å². The summed E-state index contributed by atoms with van der Waals surface area (Å²) in [5.74, 6) is 0.468. The minimum atomic E-state index is -0.472. The van der Waals surface area contributed by atoms with Crippen molar-refractivity contribution in [1.82, 2.24) is 24.6 Å². The van der Waals surface area contributed by atoms with Gasteiger partial charge in [0, 0.05) is 12.0 Å². The molecule has 0 spiro atoms. The number of carbonyl (C=O) groups is 1. The summed E-state index contributed by atoms with van der Waals surface area (Å²) >= 11 is 0. The molecule has 0 bridgehead atoms. The molecule has 0 atom stereocenters. The molecule has 1 amide bonds. The van der Waals surface area contributed by atoms with Crippen LogP contribution in [0, 0.1) is 5.41 Å². The number of nitrogens with zero attached hydrogens (tertiary/aromatic N) is 5. The van der Waals surface area contributed by atoms with Crippen LogP contribution < -0.4 is 5.32 Å². The van der Waals surface area contributed by atoms with Gasteiger partial charge in [0.05, 0.1) is 18.1 Å². The van der Waals surface area contributed by atoms with E-state index in [1.807, 2.05) is 25.5 Å². The highest BCUT2D eigenvalue weighted by molar-refractivity contribution is 6.00. The van der Waals surface area contributed by atoms with Crippen LogP contribution >= 0.6 is 0 Å². The minimum absolute atomic E-state index is 0.0650. The van der Waals surface area contributed by atoms with Crippen molar-refractivity contribution in [1.29, 1.82) is 0 Å². The van der Waals surface area contributed by atoms with E-state index in [2.05, 4.69) is 25.3 Å². The van der Waals surface area contributed by atoms with E-state index in [0.29, 0.717) is 5.82 Å². The fraction of sp³-hybridized carbons (Fsp3) is 0.667. The Labute approximate surface area is 148 Å². The summed E-state index contributed by atoms with van der Waals surface area (Å²) in [7, 11) is 0. The van der Waals surface area contributed by atoms with Gasteiger partial charge in [0.15, 0.2) is 5.65 Å². The first-order chi connectivity index (χ1) is 11.9. The lowest BCUT2D eigenvalue weighted by atomic mass is 9.96. The van der Waals surface area contributed by atoms with Crippen LogP contribution in [0.4, 0.5) is 5.82 Å². The van der Waals surface area contributed by atoms with E-state index < -0.39 is 5.41 Å². The molecule has 0 saturated carbocycles. The number of amides is 1. The summed E-state index contributed by atoms with van der Waals surface area (Å²) in [4.78, 5) is 23.4. The summed E-state index contributed by atoms with van der Waals surface area (Å²) in [6, 6.07) is 0. The zero-order chi connectivity index (χ0) is 17.9. The third kappa shape index (κ3) is 4.34. The molecular formula is C18H28N6O. The van der Waals surface area contributed by atoms with Crippen molar-refractivity contribution >= 4 is 22.8 Å². The second-order valence-electron chi connectivity index (χ2n) is 7.79. The van der Waals surface area contributed by atoms with Crippen molar-refractivity contribution in [3.63, 3.8) is 0 Å². The van der Waals surface area contributed by atoms with E-state index in [0.717, 1.165) is 24.1 Å². The molecule has 0 aromatic carbocycles. The molecular weight excluding hydrogens is 316 g/mol. The Hall–Kier alpha value is -2.02. The molecule has 1 aliphatic heterocycles. The molecule has 25 heavy (non-hydrogen) atoms. The molecule has 1 aliphatic rings. The fourth-order valence-electron chi connectivity index (χ4n) is 3.05. The van der Waals surface area contributed by atoms with Crippen LogP contribution in [0.1, 0.15) is 46.5 Å². The smallest absolute Gasteiger partial charge is 0.230 e. The number of anilines is 1. The van der Waals surface area contributed by atoms with Gasteiger partial charge in [-0.15, -0.1) is 0 Å². The maximum Gasteiger partial charge on any atom is 0.230 e. The summed E-state index contributed by atoms with van der Waals surface area (Å²) in [5, 5.41) is 8.16. The van der Waals surface area contributed by atoms with E-state index in [9.17, 15) is 4.79 Å². The Bertz CT molecular complexity index is 725. The van der Waals surface area contributed by atoms with Gasteiger partial charge in [-0.1, -0.05) is 33.6 Å². The molecule has 7 heteroatoms. The number of nitrogens with one attached hydrogen (secondary N) is 1. The van der Waals surface area contributed by atoms with E-state index in [1.54, 1.807) is 6.20 Å². The van der Waals surface area contributed by atoms with Crippen LogP contribution in [0.5, 0.6) is 0 Å². The van der Waals surface area contributed by atoms with Crippen LogP contribution in [-0.2, 0) is 11.3 Å². The molecule has 0 radical (unpaired) electrons. The summed E-state index contributed by atoms with van der Waals surface area (Å²) in [6.07, 6.45) is 8.48. The standard InChI is InChI=1S/C18H28N6O/c1-18(2,3)17(25)22-15-14-12-21-24(16(14)20-13-19-15)11-10-23-8-6-4-5-7-9-23/h12-13H,4-11H2,1-3H3,(H,19,20,22,25). The van der Waals surface area contributed by atoms with Crippen molar-refractivity contribution in [3.8, 4) is 0 Å². The molecule has 3 rings (SSSR count). The first kappa shape index (κ1) is 17.8. The maximum absolute atomic E-state index is 12.2. The van der Waals surface area contributed by atoms with E-state index in [4.69, 9.17) is 0 Å². The van der Waals surface area contributed by atoms with E-state index in [1.165, 1.54) is 45.1 Å². The van der Waals surface area contributed by atoms with Crippen LogP contribution in [0.2, 0.25) is 0 Å². The van der Waals surface area contributed by atoms with Crippen LogP contribution in [0.15, 0.2) is 12.5 Å². The van der Waals surface area contributed by atoms with Gasteiger partial charge in [-0.3, -0.25) is 4.79 Å². The number of hydrogen-bond acceptors (Lipinski definition) is 5. The number of fused-ring (bicyclic) bond motifs is 1. The second kappa shape index (κ2) is 7.47. The molecule has 3 heterocycles. The zero-order valence-electron chi connectivity index (χ0n) is 15.5. The molecule has 1 fully saturated rings. The van der Waals surface area contributed by atoms with Crippen LogP contribution in [0.25, 0.3) is 11.0 Å². The van der Waals surface area contributed by atoms with Gasteiger partial charge >= 0.3 is 0 Å². The summed E-state index contributed by atoms with van der Waals surface area (Å²) < 4.78 is 1.91. The van der Waals surface area contributed by atoms with Crippen LogP contribution in [0.3, 0.4) is 0 Å². The van der Waals surface area contributed by atoms with Gasteiger partial charge in [-0.2, -0.15) is 5.10 Å². The maximum atomic E-state index is 12.2. The zero-order valence-corrected chi connectivity index (χ0v) is 15.5. The Morgan fingerprint density at radius 2 is 1.84 bits per heavy atom. The minimum Gasteiger partial charge on any atom is -0.310 e. The van der Waals surface area contributed by atoms with Gasteiger partial charge in [0.25, 0.3) is 0 Å². The third-order valence-corrected chi connectivity index (χ3v) is 4.67.